The van der Waals surface area contributed by atoms with Crippen LogP contribution in [0.1, 0.15) is 25.0 Å². The summed E-state index contributed by atoms with van der Waals surface area (Å²) in [6.45, 7) is 6.14. The molecule has 0 aliphatic carbocycles. The number of carboxylic acid groups (broad SMARTS) is 1. The Morgan fingerprint density at radius 1 is 1.42 bits per heavy atom. The molecule has 1 rings (SSSR count). The molecule has 0 radical (unpaired) electrons. The lowest BCUT2D eigenvalue weighted by molar-refractivity contribution is -0.148. The molecule has 1 aromatic rings. The Morgan fingerprint density at radius 3 is 2.53 bits per heavy atom. The zero-order valence-electron chi connectivity index (χ0n) is 12.4. The van der Waals surface area contributed by atoms with E-state index in [0.717, 1.165) is 17.7 Å². The number of carbonyl (C=O) groups is 1. The zero-order valence-corrected chi connectivity index (χ0v) is 12.4. The van der Waals surface area contributed by atoms with Crippen LogP contribution in [0.15, 0.2) is 18.2 Å². The number of aliphatic carboxylic acids is 1. The third kappa shape index (κ3) is 3.70. The van der Waals surface area contributed by atoms with Crippen LogP contribution in [0.3, 0.4) is 0 Å². The maximum absolute atomic E-state index is 11.2. The number of hydrogen-bond acceptors (Lipinski definition) is 3. The quantitative estimate of drug-likeness (QED) is 0.857. The normalized spacial score (nSPS) is 11.7. The van der Waals surface area contributed by atoms with Crippen molar-refractivity contribution in [3.05, 3.63) is 29.3 Å². The average molecular weight is 265 g/mol. The van der Waals surface area contributed by atoms with Gasteiger partial charge in [-0.05, 0) is 51.4 Å². The van der Waals surface area contributed by atoms with Gasteiger partial charge in [-0.15, -0.1) is 0 Å². The number of ether oxygens (including phenoxy) is 1. The number of aryl methyl sites for hydroxylation is 1. The smallest absolute Gasteiger partial charge is 0.323 e. The molecule has 0 saturated heterocycles. The van der Waals surface area contributed by atoms with E-state index in [4.69, 9.17) is 9.84 Å². The molecular formula is C15H23NO3. The maximum atomic E-state index is 11.2. The minimum Gasteiger partial charge on any atom is -0.496 e. The Hall–Kier alpha value is -1.55. The van der Waals surface area contributed by atoms with Gasteiger partial charge in [0, 0.05) is 6.54 Å². The highest BCUT2D eigenvalue weighted by Crippen LogP contribution is 2.19. The average Bonchev–Trinajstić information content (AvgIpc) is 2.35. The van der Waals surface area contributed by atoms with Gasteiger partial charge >= 0.3 is 5.97 Å². The van der Waals surface area contributed by atoms with E-state index in [2.05, 4.69) is 6.07 Å². The molecule has 0 atom stereocenters. The van der Waals surface area contributed by atoms with E-state index in [9.17, 15) is 4.79 Å². The summed E-state index contributed by atoms with van der Waals surface area (Å²) in [6, 6.07) is 6.06. The van der Waals surface area contributed by atoms with Crippen LogP contribution in [0.4, 0.5) is 0 Å². The molecule has 0 unspecified atom stereocenters. The molecule has 1 N–H and O–H groups in total. The number of methoxy groups -OCH3 is 1. The Morgan fingerprint density at radius 2 is 2.05 bits per heavy atom. The van der Waals surface area contributed by atoms with Crippen LogP contribution in [-0.4, -0.2) is 42.2 Å². The molecule has 19 heavy (non-hydrogen) atoms. The molecule has 0 fully saturated rings. The highest BCUT2D eigenvalue weighted by Gasteiger charge is 2.31. The SMILES string of the molecule is COc1ccc(CCN(C)C(C)(C)C(=O)O)cc1C. The van der Waals surface area contributed by atoms with Gasteiger partial charge in [-0.1, -0.05) is 12.1 Å². The molecule has 1 aromatic carbocycles. The van der Waals surface area contributed by atoms with Crippen molar-refractivity contribution < 1.29 is 14.6 Å². The van der Waals surface area contributed by atoms with Gasteiger partial charge in [-0.25, -0.2) is 0 Å². The van der Waals surface area contributed by atoms with E-state index in [1.807, 2.05) is 31.0 Å². The van der Waals surface area contributed by atoms with Crippen LogP contribution in [0, 0.1) is 6.92 Å². The van der Waals surface area contributed by atoms with Crippen molar-refractivity contribution in [2.75, 3.05) is 20.7 Å². The van der Waals surface area contributed by atoms with Crippen molar-refractivity contribution in [3.8, 4) is 5.75 Å². The summed E-state index contributed by atoms with van der Waals surface area (Å²) in [5, 5.41) is 9.16. The fourth-order valence-electron chi connectivity index (χ4n) is 1.84. The van der Waals surface area contributed by atoms with Gasteiger partial charge in [0.25, 0.3) is 0 Å². The number of nitrogens with zero attached hydrogens (tertiary/aromatic N) is 1. The summed E-state index contributed by atoms with van der Waals surface area (Å²) in [6.07, 6.45) is 0.818. The fraction of sp³-hybridized carbons (Fsp3) is 0.533. The number of carboxylic acids is 1. The lowest BCUT2D eigenvalue weighted by Crippen LogP contribution is -2.48. The van der Waals surface area contributed by atoms with Crippen molar-refractivity contribution >= 4 is 5.97 Å². The predicted molar refractivity (Wildman–Crippen MR) is 75.8 cm³/mol. The van der Waals surface area contributed by atoms with Gasteiger partial charge in [-0.3, -0.25) is 9.69 Å². The summed E-state index contributed by atoms with van der Waals surface area (Å²) in [5.41, 5.74) is 1.44. The summed E-state index contributed by atoms with van der Waals surface area (Å²) >= 11 is 0. The van der Waals surface area contributed by atoms with E-state index < -0.39 is 11.5 Å². The molecule has 4 nitrogen and oxygen atoms in total. The minimum absolute atomic E-state index is 0.699. The van der Waals surface area contributed by atoms with E-state index >= 15 is 0 Å². The first-order valence-electron chi connectivity index (χ1n) is 6.37. The standard InChI is InChI=1S/C15H23NO3/c1-11-10-12(6-7-13(11)19-5)8-9-16(4)15(2,3)14(17)18/h6-7,10H,8-9H2,1-5H3,(H,17,18). The second-order valence-electron chi connectivity index (χ2n) is 5.34. The van der Waals surface area contributed by atoms with Crippen molar-refractivity contribution in [3.63, 3.8) is 0 Å². The summed E-state index contributed by atoms with van der Waals surface area (Å²) < 4.78 is 5.22. The van der Waals surface area contributed by atoms with Crippen LogP contribution in [0.5, 0.6) is 5.75 Å². The van der Waals surface area contributed by atoms with Crippen LogP contribution >= 0.6 is 0 Å². The topological polar surface area (TPSA) is 49.8 Å². The number of hydrogen-bond donors (Lipinski definition) is 1. The Kier molecular flexibility index (Phi) is 4.95. The number of likely N-dealkylation sites (N-methyl/N-ethyl adjacent to an activating group) is 1. The number of rotatable bonds is 6. The summed E-state index contributed by atoms with van der Waals surface area (Å²) in [5.74, 6) is 0.0730. The largest absolute Gasteiger partial charge is 0.496 e. The van der Waals surface area contributed by atoms with Crippen molar-refractivity contribution in [1.29, 1.82) is 0 Å². The summed E-state index contributed by atoms with van der Waals surface area (Å²) in [4.78, 5) is 13.0. The first kappa shape index (κ1) is 15.5. The molecule has 0 amide bonds. The van der Waals surface area contributed by atoms with E-state index in [-0.39, 0.29) is 0 Å². The third-order valence-corrected chi connectivity index (χ3v) is 3.67. The highest BCUT2D eigenvalue weighted by molar-refractivity contribution is 5.77. The Labute approximate surface area is 115 Å². The van der Waals surface area contributed by atoms with Gasteiger partial charge in [0.2, 0.25) is 0 Å². The maximum Gasteiger partial charge on any atom is 0.323 e. The monoisotopic (exact) mass is 265 g/mol. The van der Waals surface area contributed by atoms with Gasteiger partial charge < -0.3 is 9.84 Å². The van der Waals surface area contributed by atoms with Crippen molar-refractivity contribution in [1.82, 2.24) is 4.90 Å². The molecule has 0 heterocycles. The van der Waals surface area contributed by atoms with E-state index in [1.54, 1.807) is 21.0 Å². The molecule has 0 spiro atoms. The Bertz CT molecular complexity index is 455. The van der Waals surface area contributed by atoms with Gasteiger partial charge in [0.05, 0.1) is 7.11 Å². The van der Waals surface area contributed by atoms with Crippen LogP contribution in [-0.2, 0) is 11.2 Å². The third-order valence-electron chi connectivity index (χ3n) is 3.67. The minimum atomic E-state index is -0.846. The zero-order chi connectivity index (χ0) is 14.6. The predicted octanol–water partition coefficient (Wildman–Crippen LogP) is 2.34. The first-order chi connectivity index (χ1) is 8.78. The van der Waals surface area contributed by atoms with Gasteiger partial charge in [0.15, 0.2) is 0 Å². The molecule has 0 aliphatic rings. The molecule has 106 valence electrons. The molecule has 0 bridgehead atoms. The molecule has 0 aliphatic heterocycles. The van der Waals surface area contributed by atoms with E-state index in [0.29, 0.717) is 6.54 Å². The lowest BCUT2D eigenvalue weighted by atomic mass is 10.0. The molecule has 0 aromatic heterocycles. The highest BCUT2D eigenvalue weighted by atomic mass is 16.5. The van der Waals surface area contributed by atoms with Crippen LogP contribution in [0.2, 0.25) is 0 Å². The van der Waals surface area contributed by atoms with Crippen LogP contribution in [0.25, 0.3) is 0 Å². The Balaban J connectivity index is 2.67. The van der Waals surface area contributed by atoms with Crippen molar-refractivity contribution in [2.24, 2.45) is 0 Å². The lowest BCUT2D eigenvalue weighted by Gasteiger charge is -2.31. The first-order valence-corrected chi connectivity index (χ1v) is 6.37. The van der Waals surface area contributed by atoms with E-state index in [1.165, 1.54) is 5.56 Å². The number of benzene rings is 1. The second kappa shape index (κ2) is 6.06. The van der Waals surface area contributed by atoms with Crippen LogP contribution < -0.4 is 4.74 Å². The fourth-order valence-corrected chi connectivity index (χ4v) is 1.84. The van der Waals surface area contributed by atoms with Gasteiger partial charge in [-0.2, -0.15) is 0 Å². The summed E-state index contributed by atoms with van der Waals surface area (Å²) in [7, 11) is 3.50. The van der Waals surface area contributed by atoms with Crippen molar-refractivity contribution in [2.45, 2.75) is 32.7 Å². The molecular weight excluding hydrogens is 242 g/mol. The second-order valence-corrected chi connectivity index (χ2v) is 5.34. The molecule has 4 heteroatoms. The molecule has 0 saturated carbocycles. The van der Waals surface area contributed by atoms with Gasteiger partial charge in [0.1, 0.15) is 11.3 Å².